The lowest BCUT2D eigenvalue weighted by atomic mass is 10.2. The first kappa shape index (κ1) is 12.4. The molecule has 1 fully saturated rings. The van der Waals surface area contributed by atoms with Crippen molar-refractivity contribution in [3.63, 3.8) is 0 Å². The second-order valence-corrected chi connectivity index (χ2v) is 6.21. The highest BCUT2D eigenvalue weighted by atomic mass is 32.2. The van der Waals surface area contributed by atoms with Crippen LogP contribution in [0.4, 0.5) is 0 Å². The van der Waals surface area contributed by atoms with E-state index in [1.165, 1.54) is 0 Å². The van der Waals surface area contributed by atoms with Crippen LogP contribution in [0.1, 0.15) is 25.7 Å². The summed E-state index contributed by atoms with van der Waals surface area (Å²) in [6, 6.07) is 0. The van der Waals surface area contributed by atoms with Crippen molar-refractivity contribution in [1.82, 2.24) is 5.32 Å². The van der Waals surface area contributed by atoms with Crippen molar-refractivity contribution in [2.75, 3.05) is 18.8 Å². The van der Waals surface area contributed by atoms with E-state index in [2.05, 4.69) is 5.32 Å². The van der Waals surface area contributed by atoms with Crippen molar-refractivity contribution >= 4 is 15.8 Å². The molecule has 0 atom stereocenters. The highest BCUT2D eigenvalue weighted by Gasteiger charge is 2.26. The lowest BCUT2D eigenvalue weighted by Crippen LogP contribution is -2.36. The van der Waals surface area contributed by atoms with Crippen molar-refractivity contribution in [3.05, 3.63) is 0 Å². The Morgan fingerprint density at radius 1 is 1.33 bits per heavy atom. The van der Waals surface area contributed by atoms with E-state index in [-0.39, 0.29) is 23.8 Å². The minimum Gasteiger partial charge on any atom is -0.481 e. The number of carboxylic acid groups (broad SMARTS) is 1. The number of hydrogen-bond acceptors (Lipinski definition) is 4. The second kappa shape index (κ2) is 5.46. The highest BCUT2D eigenvalue weighted by Crippen LogP contribution is 2.15. The lowest BCUT2D eigenvalue weighted by Gasteiger charge is -2.22. The van der Waals surface area contributed by atoms with Crippen molar-refractivity contribution in [2.45, 2.75) is 30.9 Å². The van der Waals surface area contributed by atoms with Gasteiger partial charge in [-0.15, -0.1) is 0 Å². The van der Waals surface area contributed by atoms with Gasteiger partial charge in [-0.05, 0) is 32.4 Å². The average Bonchev–Trinajstić information content (AvgIpc) is 2.18. The van der Waals surface area contributed by atoms with E-state index in [0.717, 1.165) is 13.1 Å². The van der Waals surface area contributed by atoms with Crippen LogP contribution in [-0.2, 0) is 14.6 Å². The van der Waals surface area contributed by atoms with Crippen molar-refractivity contribution in [3.8, 4) is 0 Å². The Bertz CT molecular complexity index is 306. The molecule has 0 radical (unpaired) electrons. The van der Waals surface area contributed by atoms with E-state index in [1.807, 2.05) is 0 Å². The van der Waals surface area contributed by atoms with Gasteiger partial charge in [0.25, 0.3) is 0 Å². The zero-order chi connectivity index (χ0) is 11.3. The van der Waals surface area contributed by atoms with Crippen LogP contribution < -0.4 is 5.32 Å². The normalized spacial score (nSPS) is 18.9. The summed E-state index contributed by atoms with van der Waals surface area (Å²) in [5, 5.41) is 11.2. The van der Waals surface area contributed by atoms with Crippen LogP contribution in [0.3, 0.4) is 0 Å². The largest absolute Gasteiger partial charge is 0.481 e. The number of hydrogen-bond donors (Lipinski definition) is 2. The summed E-state index contributed by atoms with van der Waals surface area (Å²) in [5.74, 6) is -0.931. The Kier molecular flexibility index (Phi) is 4.53. The number of nitrogens with one attached hydrogen (secondary N) is 1. The van der Waals surface area contributed by atoms with Gasteiger partial charge in [-0.1, -0.05) is 0 Å². The summed E-state index contributed by atoms with van der Waals surface area (Å²) in [6.45, 7) is 1.48. The van der Waals surface area contributed by atoms with Crippen LogP contribution >= 0.6 is 0 Å². The lowest BCUT2D eigenvalue weighted by molar-refractivity contribution is -0.137. The van der Waals surface area contributed by atoms with Gasteiger partial charge in [0.05, 0.1) is 11.0 Å². The minimum atomic E-state index is -3.08. The first-order valence-electron chi connectivity index (χ1n) is 5.16. The van der Waals surface area contributed by atoms with Gasteiger partial charge in [0.2, 0.25) is 0 Å². The quantitative estimate of drug-likeness (QED) is 0.701. The summed E-state index contributed by atoms with van der Waals surface area (Å²) in [6.07, 6.45) is 1.45. The molecular formula is C9H17NO4S. The molecule has 6 heteroatoms. The van der Waals surface area contributed by atoms with Crippen LogP contribution in [-0.4, -0.2) is 43.6 Å². The average molecular weight is 235 g/mol. The molecule has 0 bridgehead atoms. The smallest absolute Gasteiger partial charge is 0.303 e. The van der Waals surface area contributed by atoms with E-state index in [9.17, 15) is 13.2 Å². The molecule has 2 N–H and O–H groups in total. The van der Waals surface area contributed by atoms with Gasteiger partial charge in [-0.25, -0.2) is 8.42 Å². The molecule has 0 aromatic carbocycles. The Labute approximate surface area is 89.8 Å². The summed E-state index contributed by atoms with van der Waals surface area (Å²) < 4.78 is 23.5. The fourth-order valence-electron chi connectivity index (χ4n) is 1.75. The molecule has 1 aliphatic heterocycles. The molecule has 5 nitrogen and oxygen atoms in total. The first-order valence-corrected chi connectivity index (χ1v) is 6.88. The topological polar surface area (TPSA) is 83.5 Å². The van der Waals surface area contributed by atoms with Crippen LogP contribution in [0.15, 0.2) is 0 Å². The molecule has 0 saturated carbocycles. The molecule has 15 heavy (non-hydrogen) atoms. The third-order valence-electron chi connectivity index (χ3n) is 2.61. The number of piperidine rings is 1. The number of carbonyl (C=O) groups is 1. The third kappa shape index (κ3) is 4.17. The van der Waals surface area contributed by atoms with E-state index >= 15 is 0 Å². The molecule has 0 aromatic heterocycles. The SMILES string of the molecule is O=C(O)CCCS(=O)(=O)C1CCNCC1. The molecule has 88 valence electrons. The van der Waals surface area contributed by atoms with Gasteiger partial charge in [0, 0.05) is 6.42 Å². The maximum Gasteiger partial charge on any atom is 0.303 e. The molecule has 1 saturated heterocycles. The molecule has 1 heterocycles. The van der Waals surface area contributed by atoms with E-state index in [0.29, 0.717) is 12.8 Å². The Hall–Kier alpha value is -0.620. The van der Waals surface area contributed by atoms with Crippen LogP contribution in [0, 0.1) is 0 Å². The molecule has 0 spiro atoms. The van der Waals surface area contributed by atoms with Crippen molar-refractivity contribution in [1.29, 1.82) is 0 Å². The third-order valence-corrected chi connectivity index (χ3v) is 4.96. The van der Waals surface area contributed by atoms with Crippen LogP contribution in [0.25, 0.3) is 0 Å². The van der Waals surface area contributed by atoms with E-state index < -0.39 is 15.8 Å². The van der Waals surface area contributed by atoms with Crippen molar-refractivity contribution < 1.29 is 18.3 Å². The first-order chi connectivity index (χ1) is 7.02. The van der Waals surface area contributed by atoms with Gasteiger partial charge in [0.15, 0.2) is 9.84 Å². The predicted molar refractivity (Wildman–Crippen MR) is 56.5 cm³/mol. The maximum absolute atomic E-state index is 11.7. The maximum atomic E-state index is 11.7. The van der Waals surface area contributed by atoms with E-state index in [1.54, 1.807) is 0 Å². The monoisotopic (exact) mass is 235 g/mol. The highest BCUT2D eigenvalue weighted by molar-refractivity contribution is 7.92. The molecular weight excluding hydrogens is 218 g/mol. The standard InChI is InChI=1S/C9H17NO4S/c11-9(12)2-1-7-15(13,14)8-3-5-10-6-4-8/h8,10H,1-7H2,(H,11,12). The Morgan fingerprint density at radius 2 is 1.93 bits per heavy atom. The summed E-state index contributed by atoms with van der Waals surface area (Å²) in [7, 11) is -3.08. The van der Waals surface area contributed by atoms with E-state index in [4.69, 9.17) is 5.11 Å². The second-order valence-electron chi connectivity index (χ2n) is 3.81. The van der Waals surface area contributed by atoms with Gasteiger partial charge >= 0.3 is 5.97 Å². The summed E-state index contributed by atoms with van der Waals surface area (Å²) in [4.78, 5) is 10.3. The zero-order valence-corrected chi connectivity index (χ0v) is 9.42. The molecule has 0 unspecified atom stereocenters. The number of aliphatic carboxylic acids is 1. The number of sulfone groups is 1. The summed E-state index contributed by atoms with van der Waals surface area (Å²) >= 11 is 0. The predicted octanol–water partition coefficient (Wildman–Crippen LogP) is 0.0180. The molecule has 1 aliphatic rings. The molecule has 0 amide bonds. The van der Waals surface area contributed by atoms with Crippen LogP contribution in [0.5, 0.6) is 0 Å². The molecule has 0 aliphatic carbocycles. The van der Waals surface area contributed by atoms with Gasteiger partial charge in [-0.2, -0.15) is 0 Å². The van der Waals surface area contributed by atoms with Gasteiger partial charge in [-0.3, -0.25) is 4.79 Å². The Balaban J connectivity index is 2.40. The zero-order valence-electron chi connectivity index (χ0n) is 8.61. The fourth-order valence-corrected chi connectivity index (χ4v) is 3.58. The molecule has 0 aromatic rings. The summed E-state index contributed by atoms with van der Waals surface area (Å²) in [5.41, 5.74) is 0. The number of carboxylic acids is 1. The Morgan fingerprint density at radius 3 is 2.47 bits per heavy atom. The van der Waals surface area contributed by atoms with Gasteiger partial charge < -0.3 is 10.4 Å². The fraction of sp³-hybridized carbons (Fsp3) is 0.889. The van der Waals surface area contributed by atoms with Gasteiger partial charge in [0.1, 0.15) is 0 Å². The van der Waals surface area contributed by atoms with Crippen molar-refractivity contribution in [2.24, 2.45) is 0 Å². The molecule has 1 rings (SSSR count). The number of rotatable bonds is 5. The van der Waals surface area contributed by atoms with Crippen LogP contribution in [0.2, 0.25) is 0 Å². The minimum absolute atomic E-state index is 0.00394.